The summed E-state index contributed by atoms with van der Waals surface area (Å²) in [6.07, 6.45) is 20.7. The molecule has 0 aliphatic heterocycles. The fourth-order valence-corrected chi connectivity index (χ4v) is 9.60. The molecule has 212 valence electrons. The molecule has 4 rings (SSSR count). The molecule has 4 nitrogen and oxygen atoms in total. The van der Waals surface area contributed by atoms with Crippen molar-refractivity contribution in [2.24, 2.45) is 40.4 Å². The normalized spacial score (nSPS) is 39.1. The first kappa shape index (κ1) is 29.1. The van der Waals surface area contributed by atoms with E-state index < -0.39 is 0 Å². The average molecular weight is 516 g/mol. The van der Waals surface area contributed by atoms with E-state index in [-0.39, 0.29) is 17.4 Å². The molecule has 4 fully saturated rings. The largest absolute Gasteiger partial charge is 0.393 e. The number of hydrogen-bond acceptors (Lipinski definition) is 3. The summed E-state index contributed by atoms with van der Waals surface area (Å²) in [5.74, 6) is 4.36. The Morgan fingerprint density at radius 1 is 0.919 bits per heavy atom. The summed E-state index contributed by atoms with van der Waals surface area (Å²) in [5.41, 5.74) is 0.476. The van der Waals surface area contributed by atoms with Crippen LogP contribution in [0.5, 0.6) is 0 Å². The molecule has 4 heteroatoms. The van der Waals surface area contributed by atoms with Crippen LogP contribution in [0, 0.1) is 40.4 Å². The van der Waals surface area contributed by atoms with Crippen molar-refractivity contribution < 1.29 is 14.7 Å². The van der Waals surface area contributed by atoms with Gasteiger partial charge in [-0.15, -0.1) is 0 Å². The van der Waals surface area contributed by atoms with Gasteiger partial charge in [-0.3, -0.25) is 9.59 Å². The Balaban J connectivity index is 1.24. The smallest absolute Gasteiger partial charge is 0.222 e. The lowest BCUT2D eigenvalue weighted by atomic mass is 9.42. The van der Waals surface area contributed by atoms with Crippen molar-refractivity contribution in [3.05, 3.63) is 0 Å². The topological polar surface area (TPSA) is 57.6 Å². The van der Waals surface area contributed by atoms with E-state index in [4.69, 9.17) is 0 Å². The van der Waals surface area contributed by atoms with Crippen LogP contribution in [0.3, 0.4) is 0 Å². The third-order valence-electron chi connectivity index (χ3n) is 12.2. The standard InChI is InChI=1S/C33H57NO3/c1-5-34(4)30(37)15-13-11-9-7-6-8-10-12-14-24-22-25-23-26(35)18-20-32(25,2)28-19-21-33(3)27(31(24)28)16-17-29(33)36/h24-25,27-29,31,36H,5-23H2,1-4H3/t24?,25?,27-,28+,29?,31-,32-,33-/m0/s1. The number of Topliss-reactive ketones (excluding diaryl/α,β-unsaturated/α-hetero) is 1. The number of ketones is 1. The van der Waals surface area contributed by atoms with Gasteiger partial charge in [0.05, 0.1) is 6.10 Å². The number of amides is 1. The molecule has 0 aromatic carbocycles. The Morgan fingerprint density at radius 2 is 1.57 bits per heavy atom. The highest BCUT2D eigenvalue weighted by atomic mass is 16.3. The van der Waals surface area contributed by atoms with Crippen LogP contribution in [0.4, 0.5) is 0 Å². The first-order valence-corrected chi connectivity index (χ1v) is 16.1. The van der Waals surface area contributed by atoms with E-state index in [2.05, 4.69) is 13.8 Å². The zero-order chi connectivity index (χ0) is 26.6. The molecule has 0 aromatic rings. The first-order chi connectivity index (χ1) is 17.7. The van der Waals surface area contributed by atoms with Gasteiger partial charge in [0, 0.05) is 32.9 Å². The van der Waals surface area contributed by atoms with Crippen LogP contribution in [0.2, 0.25) is 0 Å². The minimum atomic E-state index is -0.108. The number of aliphatic hydroxyl groups excluding tert-OH is 1. The Morgan fingerprint density at radius 3 is 2.27 bits per heavy atom. The summed E-state index contributed by atoms with van der Waals surface area (Å²) >= 11 is 0. The Kier molecular flexibility index (Phi) is 9.84. The van der Waals surface area contributed by atoms with Crippen molar-refractivity contribution >= 4 is 11.7 Å². The number of nitrogens with zero attached hydrogens (tertiary/aromatic N) is 1. The van der Waals surface area contributed by atoms with E-state index in [1.165, 1.54) is 77.0 Å². The Hall–Kier alpha value is -0.900. The lowest BCUT2D eigenvalue weighted by Crippen LogP contribution is -2.57. The van der Waals surface area contributed by atoms with Crippen molar-refractivity contribution in [1.82, 2.24) is 4.90 Å². The maximum atomic E-state index is 12.5. The fraction of sp³-hybridized carbons (Fsp3) is 0.939. The predicted molar refractivity (Wildman–Crippen MR) is 151 cm³/mol. The van der Waals surface area contributed by atoms with Crippen LogP contribution in [-0.2, 0) is 9.59 Å². The van der Waals surface area contributed by atoms with Crippen LogP contribution in [0.25, 0.3) is 0 Å². The van der Waals surface area contributed by atoms with E-state index in [0.29, 0.717) is 29.5 Å². The van der Waals surface area contributed by atoms with Crippen molar-refractivity contribution in [1.29, 1.82) is 0 Å². The van der Waals surface area contributed by atoms with Gasteiger partial charge in [-0.1, -0.05) is 65.2 Å². The number of carbonyl (C=O) groups is 2. The molecule has 3 unspecified atom stereocenters. The number of hydrogen-bond donors (Lipinski definition) is 1. The molecule has 4 aliphatic rings. The van der Waals surface area contributed by atoms with Gasteiger partial charge in [-0.25, -0.2) is 0 Å². The molecular formula is C33H57NO3. The van der Waals surface area contributed by atoms with Gasteiger partial charge < -0.3 is 10.0 Å². The van der Waals surface area contributed by atoms with Gasteiger partial charge in [-0.2, -0.15) is 0 Å². The van der Waals surface area contributed by atoms with Crippen molar-refractivity contribution in [2.75, 3.05) is 13.6 Å². The van der Waals surface area contributed by atoms with Crippen LogP contribution >= 0.6 is 0 Å². The monoisotopic (exact) mass is 515 g/mol. The highest BCUT2D eigenvalue weighted by Gasteiger charge is 2.62. The SMILES string of the molecule is CCN(C)C(=O)CCCCCCCCCCC1CC2CC(=O)CC[C@]2(C)[C@@H]2CC[C@]3(C)C(O)CC[C@H]3[C@H]12. The molecule has 0 radical (unpaired) electrons. The zero-order valence-corrected chi connectivity index (χ0v) is 24.6. The molecule has 4 saturated carbocycles. The van der Waals surface area contributed by atoms with E-state index in [9.17, 15) is 14.7 Å². The van der Waals surface area contributed by atoms with Crippen molar-refractivity contribution in [2.45, 2.75) is 142 Å². The van der Waals surface area contributed by atoms with Gasteiger partial charge >= 0.3 is 0 Å². The van der Waals surface area contributed by atoms with Gasteiger partial charge in [0.2, 0.25) is 5.91 Å². The van der Waals surface area contributed by atoms with E-state index in [1.54, 1.807) is 0 Å². The lowest BCUT2D eigenvalue weighted by molar-refractivity contribution is -0.156. The maximum absolute atomic E-state index is 12.5. The number of carbonyl (C=O) groups excluding carboxylic acids is 2. The van der Waals surface area contributed by atoms with Crippen LogP contribution in [0.15, 0.2) is 0 Å². The third kappa shape index (κ3) is 6.15. The molecule has 1 N–H and O–H groups in total. The first-order valence-electron chi connectivity index (χ1n) is 16.1. The molecule has 37 heavy (non-hydrogen) atoms. The molecule has 0 aromatic heterocycles. The predicted octanol–water partition coefficient (Wildman–Crippen LogP) is 7.56. The van der Waals surface area contributed by atoms with Crippen molar-refractivity contribution in [3.8, 4) is 0 Å². The quantitative estimate of drug-likeness (QED) is 0.273. The van der Waals surface area contributed by atoms with Crippen LogP contribution in [0.1, 0.15) is 136 Å². The summed E-state index contributed by atoms with van der Waals surface area (Å²) in [7, 11) is 1.90. The van der Waals surface area contributed by atoms with Gasteiger partial charge in [-0.05, 0) is 92.3 Å². The maximum Gasteiger partial charge on any atom is 0.222 e. The third-order valence-corrected chi connectivity index (χ3v) is 12.2. The highest BCUT2D eigenvalue weighted by molar-refractivity contribution is 5.79. The minimum Gasteiger partial charge on any atom is -0.393 e. The van der Waals surface area contributed by atoms with E-state index in [0.717, 1.165) is 56.4 Å². The summed E-state index contributed by atoms with van der Waals surface area (Å²) < 4.78 is 0. The minimum absolute atomic E-state index is 0.108. The summed E-state index contributed by atoms with van der Waals surface area (Å²) in [6, 6.07) is 0. The number of fused-ring (bicyclic) bond motifs is 5. The second-order valence-electron chi connectivity index (χ2n) is 14.1. The summed E-state index contributed by atoms with van der Waals surface area (Å²) in [4.78, 5) is 26.2. The second-order valence-corrected chi connectivity index (χ2v) is 14.1. The second kappa shape index (κ2) is 12.5. The highest BCUT2D eigenvalue weighted by Crippen LogP contribution is 2.67. The molecule has 0 spiro atoms. The van der Waals surface area contributed by atoms with Gasteiger partial charge in [0.25, 0.3) is 0 Å². The molecular weight excluding hydrogens is 458 g/mol. The number of aliphatic hydroxyl groups is 1. The number of rotatable bonds is 12. The molecule has 0 bridgehead atoms. The zero-order valence-electron chi connectivity index (χ0n) is 24.6. The van der Waals surface area contributed by atoms with Crippen LogP contribution < -0.4 is 0 Å². The molecule has 0 heterocycles. The lowest BCUT2D eigenvalue weighted by Gasteiger charge is -2.62. The number of unbranched alkanes of at least 4 members (excludes halogenated alkanes) is 7. The van der Waals surface area contributed by atoms with E-state index in [1.807, 2.05) is 18.9 Å². The summed E-state index contributed by atoms with van der Waals surface area (Å²) in [6.45, 7) is 7.79. The van der Waals surface area contributed by atoms with Gasteiger partial charge in [0.1, 0.15) is 5.78 Å². The summed E-state index contributed by atoms with van der Waals surface area (Å²) in [5, 5.41) is 10.9. The molecule has 1 amide bonds. The average Bonchev–Trinajstić information content (AvgIpc) is 3.19. The van der Waals surface area contributed by atoms with Gasteiger partial charge in [0.15, 0.2) is 0 Å². The Bertz CT molecular complexity index is 782. The molecule has 0 saturated heterocycles. The molecule has 4 aliphatic carbocycles. The van der Waals surface area contributed by atoms with Crippen molar-refractivity contribution in [3.63, 3.8) is 0 Å². The van der Waals surface area contributed by atoms with Crippen LogP contribution in [-0.4, -0.2) is 41.4 Å². The molecule has 8 atom stereocenters. The Labute approximate surface area is 227 Å². The van der Waals surface area contributed by atoms with E-state index >= 15 is 0 Å². The fourth-order valence-electron chi connectivity index (χ4n) is 9.60.